The summed E-state index contributed by atoms with van der Waals surface area (Å²) in [6.07, 6.45) is 0.235. The van der Waals surface area contributed by atoms with Crippen molar-refractivity contribution in [1.29, 1.82) is 0 Å². The Labute approximate surface area is 148 Å². The highest BCUT2D eigenvalue weighted by atomic mass is 32.2. The molecule has 2 aromatic heterocycles. The molecule has 0 aliphatic heterocycles. The molecule has 2 heterocycles. The van der Waals surface area contributed by atoms with Crippen LogP contribution in [0.25, 0.3) is 11.5 Å². The summed E-state index contributed by atoms with van der Waals surface area (Å²) in [5, 5.41) is 12.1. The number of amides is 1. The highest BCUT2D eigenvalue weighted by molar-refractivity contribution is 7.91. The van der Waals surface area contributed by atoms with E-state index in [1.165, 1.54) is 23.5 Å². The molecule has 3 aromatic rings. The molecule has 0 aliphatic carbocycles. The number of thiophene rings is 1. The molecule has 1 amide bonds. The van der Waals surface area contributed by atoms with E-state index in [0.29, 0.717) is 5.56 Å². The summed E-state index contributed by atoms with van der Waals surface area (Å²) in [5.41, 5.74) is 0.571. The van der Waals surface area contributed by atoms with Crippen LogP contribution in [0, 0.1) is 0 Å². The summed E-state index contributed by atoms with van der Waals surface area (Å²) in [4.78, 5) is 13.1. The van der Waals surface area contributed by atoms with E-state index < -0.39 is 9.84 Å². The average molecular weight is 377 g/mol. The molecule has 0 atom stereocenters. The first-order valence-corrected chi connectivity index (χ1v) is 10.00. The number of nitrogens with one attached hydrogen (secondary N) is 1. The molecule has 1 N–H and O–H groups in total. The van der Waals surface area contributed by atoms with E-state index in [2.05, 4.69) is 15.5 Å². The van der Waals surface area contributed by atoms with Gasteiger partial charge in [-0.15, -0.1) is 16.4 Å². The lowest BCUT2D eigenvalue weighted by Gasteiger charge is -2.01. The molecule has 0 unspecified atom stereocenters. The maximum absolute atomic E-state index is 11.9. The topological polar surface area (TPSA) is 102 Å². The summed E-state index contributed by atoms with van der Waals surface area (Å²) >= 11 is 1.49. The van der Waals surface area contributed by atoms with Crippen LogP contribution in [0.1, 0.15) is 11.8 Å². The fraction of sp³-hybridized carbons (Fsp3) is 0.188. The molecule has 3 rings (SSSR count). The van der Waals surface area contributed by atoms with E-state index in [4.69, 9.17) is 4.42 Å². The fourth-order valence-electron chi connectivity index (χ4n) is 2.10. The minimum Gasteiger partial charge on any atom is -0.403 e. The number of hydrogen-bond acceptors (Lipinski definition) is 7. The van der Waals surface area contributed by atoms with Gasteiger partial charge in [0.1, 0.15) is 0 Å². The van der Waals surface area contributed by atoms with Crippen LogP contribution >= 0.6 is 11.3 Å². The number of benzene rings is 1. The Balaban J connectivity index is 1.70. The summed E-state index contributed by atoms with van der Waals surface area (Å²) in [5.74, 6) is -0.0123. The summed E-state index contributed by atoms with van der Waals surface area (Å²) in [6, 6.07) is 9.92. The Hall–Kier alpha value is -2.52. The van der Waals surface area contributed by atoms with Crippen molar-refractivity contribution in [1.82, 2.24) is 10.2 Å². The number of aromatic nitrogens is 2. The molecule has 7 nitrogen and oxygen atoms in total. The van der Waals surface area contributed by atoms with Crippen LogP contribution in [0.15, 0.2) is 51.1 Å². The van der Waals surface area contributed by atoms with Crippen LogP contribution in [0.5, 0.6) is 0 Å². The molecule has 25 heavy (non-hydrogen) atoms. The molecule has 1 aromatic carbocycles. The molecule has 0 saturated heterocycles. The summed E-state index contributed by atoms with van der Waals surface area (Å²) in [7, 11) is -3.26. The second-order valence-electron chi connectivity index (χ2n) is 5.14. The third-order valence-electron chi connectivity index (χ3n) is 3.43. The first kappa shape index (κ1) is 17.3. The van der Waals surface area contributed by atoms with Crippen molar-refractivity contribution in [3.63, 3.8) is 0 Å². The smallest absolute Gasteiger partial charge is 0.322 e. The molecule has 0 bridgehead atoms. The molecule has 0 fully saturated rings. The van der Waals surface area contributed by atoms with Crippen molar-refractivity contribution in [3.8, 4) is 11.5 Å². The maximum Gasteiger partial charge on any atom is 0.322 e. The minimum atomic E-state index is -3.26. The Morgan fingerprint density at radius 3 is 2.60 bits per heavy atom. The van der Waals surface area contributed by atoms with E-state index in [1.54, 1.807) is 19.1 Å². The van der Waals surface area contributed by atoms with Gasteiger partial charge in [-0.2, -0.15) is 0 Å². The number of anilines is 1. The number of sulfone groups is 1. The molecule has 0 saturated carbocycles. The van der Waals surface area contributed by atoms with Gasteiger partial charge in [0.2, 0.25) is 11.8 Å². The second kappa shape index (κ2) is 7.16. The highest BCUT2D eigenvalue weighted by Gasteiger charge is 2.14. The van der Waals surface area contributed by atoms with Crippen molar-refractivity contribution >= 4 is 33.1 Å². The molecule has 0 spiro atoms. The Bertz CT molecular complexity index is 961. The van der Waals surface area contributed by atoms with Crippen molar-refractivity contribution in [2.75, 3.05) is 11.1 Å². The van der Waals surface area contributed by atoms with Gasteiger partial charge in [0, 0.05) is 10.4 Å². The predicted octanol–water partition coefficient (Wildman–Crippen LogP) is 2.77. The van der Waals surface area contributed by atoms with Crippen LogP contribution in [-0.2, 0) is 21.1 Å². The number of carbonyl (C=O) groups is 1. The van der Waals surface area contributed by atoms with Gasteiger partial charge < -0.3 is 4.42 Å². The van der Waals surface area contributed by atoms with E-state index in [9.17, 15) is 13.2 Å². The number of rotatable bonds is 6. The number of carbonyl (C=O) groups excluding carboxylic acids is 1. The largest absolute Gasteiger partial charge is 0.403 e. The Morgan fingerprint density at radius 1 is 1.20 bits per heavy atom. The van der Waals surface area contributed by atoms with Crippen LogP contribution in [0.2, 0.25) is 0 Å². The molecule has 9 heteroatoms. The lowest BCUT2D eigenvalue weighted by Crippen LogP contribution is -2.13. The first-order valence-electron chi connectivity index (χ1n) is 7.47. The van der Waals surface area contributed by atoms with Gasteiger partial charge in [0.25, 0.3) is 0 Å². The zero-order valence-electron chi connectivity index (χ0n) is 13.3. The lowest BCUT2D eigenvalue weighted by atomic mass is 10.2. The Kier molecular flexibility index (Phi) is 4.95. The average Bonchev–Trinajstić information content (AvgIpc) is 3.27. The second-order valence-corrected chi connectivity index (χ2v) is 8.45. The van der Waals surface area contributed by atoms with E-state index in [-0.39, 0.29) is 34.9 Å². The van der Waals surface area contributed by atoms with E-state index in [1.807, 2.05) is 17.5 Å². The quantitative estimate of drug-likeness (QED) is 0.709. The van der Waals surface area contributed by atoms with Gasteiger partial charge in [0.05, 0.1) is 17.1 Å². The van der Waals surface area contributed by atoms with Gasteiger partial charge >= 0.3 is 6.01 Å². The normalized spacial score (nSPS) is 11.4. The van der Waals surface area contributed by atoms with Crippen LogP contribution in [-0.4, -0.2) is 30.3 Å². The van der Waals surface area contributed by atoms with Crippen molar-refractivity contribution < 1.29 is 17.6 Å². The highest BCUT2D eigenvalue weighted by Crippen LogP contribution is 2.22. The zero-order valence-corrected chi connectivity index (χ0v) is 14.9. The van der Waals surface area contributed by atoms with E-state index in [0.717, 1.165) is 4.88 Å². The zero-order chi connectivity index (χ0) is 17.9. The monoisotopic (exact) mass is 377 g/mol. The van der Waals surface area contributed by atoms with Gasteiger partial charge in [-0.05, 0) is 35.7 Å². The Morgan fingerprint density at radius 2 is 1.96 bits per heavy atom. The maximum atomic E-state index is 11.9. The summed E-state index contributed by atoms with van der Waals surface area (Å²) < 4.78 is 29.0. The van der Waals surface area contributed by atoms with E-state index >= 15 is 0 Å². The van der Waals surface area contributed by atoms with Gasteiger partial charge in [0.15, 0.2) is 9.84 Å². The standard InChI is InChI=1S/C16H15N3O4S2/c1-2-25(21,22)13-7-5-11(6-8-13)15-18-19-16(23-15)17-14(20)10-12-4-3-9-24-12/h3-9H,2,10H2,1H3,(H,17,19,20). The van der Waals surface area contributed by atoms with Crippen LogP contribution in [0.4, 0.5) is 6.01 Å². The summed E-state index contributed by atoms with van der Waals surface area (Å²) in [6.45, 7) is 1.59. The first-order chi connectivity index (χ1) is 12.0. The van der Waals surface area contributed by atoms with Gasteiger partial charge in [-0.3, -0.25) is 10.1 Å². The van der Waals surface area contributed by atoms with Crippen molar-refractivity contribution in [2.45, 2.75) is 18.2 Å². The minimum absolute atomic E-state index is 0.00168. The third kappa shape index (κ3) is 4.12. The van der Waals surface area contributed by atoms with Crippen molar-refractivity contribution in [2.24, 2.45) is 0 Å². The van der Waals surface area contributed by atoms with Crippen LogP contribution in [0.3, 0.4) is 0 Å². The molecular formula is C16H15N3O4S2. The van der Waals surface area contributed by atoms with Gasteiger partial charge in [-0.25, -0.2) is 8.42 Å². The fourth-order valence-corrected chi connectivity index (χ4v) is 3.68. The van der Waals surface area contributed by atoms with Crippen LogP contribution < -0.4 is 5.32 Å². The van der Waals surface area contributed by atoms with Gasteiger partial charge in [-0.1, -0.05) is 18.1 Å². The van der Waals surface area contributed by atoms with Crippen molar-refractivity contribution in [3.05, 3.63) is 46.7 Å². The number of hydrogen-bond donors (Lipinski definition) is 1. The molecule has 0 radical (unpaired) electrons. The molecule has 0 aliphatic rings. The SMILES string of the molecule is CCS(=O)(=O)c1ccc(-c2nnc(NC(=O)Cc3cccs3)o2)cc1. The predicted molar refractivity (Wildman–Crippen MR) is 94.1 cm³/mol. The molecular weight excluding hydrogens is 362 g/mol. The lowest BCUT2D eigenvalue weighted by molar-refractivity contribution is -0.115. The third-order valence-corrected chi connectivity index (χ3v) is 6.05. The molecule has 130 valence electrons. The number of nitrogens with zero attached hydrogens (tertiary/aromatic N) is 2.